The van der Waals surface area contributed by atoms with Crippen molar-refractivity contribution in [1.29, 1.82) is 0 Å². The molecule has 0 aromatic heterocycles. The first kappa shape index (κ1) is 21.2. The van der Waals surface area contributed by atoms with Gasteiger partial charge in [-0.05, 0) is 94.1 Å². The van der Waals surface area contributed by atoms with Crippen molar-refractivity contribution in [1.82, 2.24) is 0 Å². The van der Waals surface area contributed by atoms with E-state index >= 15 is 0 Å². The molecule has 5 rings (SSSR count). The van der Waals surface area contributed by atoms with Crippen LogP contribution in [0.1, 0.15) is 82.0 Å². The molecule has 0 radical (unpaired) electrons. The van der Waals surface area contributed by atoms with Crippen LogP contribution >= 0.6 is 0 Å². The van der Waals surface area contributed by atoms with E-state index in [0.717, 1.165) is 57.8 Å². The van der Waals surface area contributed by atoms with Gasteiger partial charge in [0.25, 0.3) is 0 Å². The molecule has 4 nitrogen and oxygen atoms in total. The summed E-state index contributed by atoms with van der Waals surface area (Å²) in [6.07, 6.45) is 8.45. The van der Waals surface area contributed by atoms with Crippen LogP contribution in [0, 0.1) is 34.5 Å². The van der Waals surface area contributed by atoms with Crippen LogP contribution in [0.5, 0.6) is 0 Å². The molecular formula is C27H36O4. The Balaban J connectivity index is 1.43. The van der Waals surface area contributed by atoms with Crippen molar-refractivity contribution in [2.75, 3.05) is 6.61 Å². The average Bonchev–Trinajstić information content (AvgIpc) is 3.07. The molecule has 4 aliphatic rings. The average molecular weight is 425 g/mol. The van der Waals surface area contributed by atoms with Gasteiger partial charge in [-0.1, -0.05) is 25.1 Å². The number of carbonyl (C=O) groups is 2. The molecule has 0 saturated heterocycles. The molecule has 0 spiro atoms. The number of ketones is 1. The highest BCUT2D eigenvalue weighted by atomic mass is 16.5. The van der Waals surface area contributed by atoms with Gasteiger partial charge < -0.3 is 9.84 Å². The maximum absolute atomic E-state index is 12.8. The monoisotopic (exact) mass is 424 g/mol. The van der Waals surface area contributed by atoms with Gasteiger partial charge in [0.1, 0.15) is 5.78 Å². The van der Waals surface area contributed by atoms with E-state index in [2.05, 4.69) is 6.92 Å². The van der Waals surface area contributed by atoms with Gasteiger partial charge >= 0.3 is 5.97 Å². The molecule has 1 unspecified atom stereocenters. The topological polar surface area (TPSA) is 63.6 Å². The summed E-state index contributed by atoms with van der Waals surface area (Å²) in [5.74, 6) is 2.10. The van der Waals surface area contributed by atoms with Gasteiger partial charge in [-0.15, -0.1) is 0 Å². The lowest BCUT2D eigenvalue weighted by molar-refractivity contribution is -0.170. The predicted octanol–water partition coefficient (Wildman–Crippen LogP) is 5.19. The quantitative estimate of drug-likeness (QED) is 0.679. The van der Waals surface area contributed by atoms with Gasteiger partial charge in [0.2, 0.25) is 0 Å². The van der Waals surface area contributed by atoms with Gasteiger partial charge in [0.15, 0.2) is 0 Å². The minimum absolute atomic E-state index is 0.0669. The van der Waals surface area contributed by atoms with Crippen LogP contribution in [0.3, 0.4) is 0 Å². The first-order valence-corrected chi connectivity index (χ1v) is 12.2. The van der Waals surface area contributed by atoms with Crippen LogP contribution < -0.4 is 0 Å². The second kappa shape index (κ2) is 7.43. The molecule has 0 aliphatic heterocycles. The van der Waals surface area contributed by atoms with Crippen LogP contribution in [0.4, 0.5) is 0 Å². The molecule has 168 valence electrons. The number of carbonyl (C=O) groups excluding carboxylic acids is 2. The molecule has 0 amide bonds. The number of benzene rings is 1. The highest BCUT2D eigenvalue weighted by Crippen LogP contribution is 2.66. The molecule has 4 fully saturated rings. The molecule has 4 heteroatoms. The van der Waals surface area contributed by atoms with Crippen LogP contribution in [-0.4, -0.2) is 29.1 Å². The van der Waals surface area contributed by atoms with E-state index < -0.39 is 5.60 Å². The first-order chi connectivity index (χ1) is 14.8. The molecule has 7 atom stereocenters. The van der Waals surface area contributed by atoms with E-state index in [1.807, 2.05) is 37.3 Å². The zero-order chi connectivity index (χ0) is 21.9. The van der Waals surface area contributed by atoms with Crippen molar-refractivity contribution in [2.45, 2.75) is 77.2 Å². The second-order valence-corrected chi connectivity index (χ2v) is 11.4. The number of esters is 1. The Morgan fingerprint density at radius 3 is 2.58 bits per heavy atom. The fraction of sp³-hybridized carbons (Fsp3) is 0.704. The van der Waals surface area contributed by atoms with E-state index in [4.69, 9.17) is 4.74 Å². The smallest absolute Gasteiger partial charge is 0.338 e. The van der Waals surface area contributed by atoms with Crippen LogP contribution in [0.25, 0.3) is 0 Å². The van der Waals surface area contributed by atoms with Crippen molar-refractivity contribution in [3.8, 4) is 0 Å². The van der Waals surface area contributed by atoms with E-state index in [1.54, 1.807) is 0 Å². The highest BCUT2D eigenvalue weighted by Gasteiger charge is 2.62. The number of hydrogen-bond donors (Lipinski definition) is 1. The third kappa shape index (κ3) is 3.37. The van der Waals surface area contributed by atoms with E-state index in [9.17, 15) is 14.7 Å². The van der Waals surface area contributed by atoms with E-state index in [0.29, 0.717) is 41.6 Å². The molecule has 4 aliphatic carbocycles. The lowest BCUT2D eigenvalue weighted by Crippen LogP contribution is -2.58. The number of fused-ring (bicyclic) bond motifs is 5. The molecular weight excluding hydrogens is 388 g/mol. The van der Waals surface area contributed by atoms with Crippen molar-refractivity contribution in [3.05, 3.63) is 35.9 Å². The normalized spacial score (nSPS) is 44.2. The SMILES string of the molecule is CC1(O)CC[C@@]2(COC(=O)c3ccccc3)[C@@H](CC[C@@H]3[C@@H]2CC[C@]2(C)C(=O)CC[C@@H]32)C1. The van der Waals surface area contributed by atoms with Crippen molar-refractivity contribution in [3.63, 3.8) is 0 Å². The standard InChI is InChI=1S/C27H36O4/c1-25(30)14-15-27(17-31-24(29)18-6-4-3-5-7-18)19(16-25)8-9-20-21-10-11-23(28)26(21,2)13-12-22(20)27/h3-7,19-22,30H,8-17H2,1-2H3/t19-,20-,21-,22-,25?,26-,27+/m0/s1. The maximum atomic E-state index is 12.8. The third-order valence-electron chi connectivity index (χ3n) is 9.84. The Morgan fingerprint density at radius 2 is 1.81 bits per heavy atom. The Kier molecular flexibility index (Phi) is 5.08. The Hall–Kier alpha value is -1.68. The lowest BCUT2D eigenvalue weighted by Gasteiger charge is -2.61. The zero-order valence-electron chi connectivity index (χ0n) is 18.9. The van der Waals surface area contributed by atoms with Crippen LogP contribution in [0.2, 0.25) is 0 Å². The van der Waals surface area contributed by atoms with Gasteiger partial charge in [-0.25, -0.2) is 4.79 Å². The molecule has 4 saturated carbocycles. The highest BCUT2D eigenvalue weighted by molar-refractivity contribution is 5.89. The summed E-state index contributed by atoms with van der Waals surface area (Å²) in [4.78, 5) is 25.5. The summed E-state index contributed by atoms with van der Waals surface area (Å²) in [7, 11) is 0. The molecule has 0 heterocycles. The number of Topliss-reactive ketones (excluding diaryl/α,β-unsaturated/α-hetero) is 1. The second-order valence-electron chi connectivity index (χ2n) is 11.4. The Bertz CT molecular complexity index is 861. The summed E-state index contributed by atoms with van der Waals surface area (Å²) >= 11 is 0. The zero-order valence-corrected chi connectivity index (χ0v) is 18.9. The fourth-order valence-electron chi connectivity index (χ4n) is 8.14. The van der Waals surface area contributed by atoms with E-state index in [-0.39, 0.29) is 16.8 Å². The molecule has 1 N–H and O–H groups in total. The molecule has 1 aromatic rings. The summed E-state index contributed by atoms with van der Waals surface area (Å²) in [6, 6.07) is 9.25. The summed E-state index contributed by atoms with van der Waals surface area (Å²) < 4.78 is 6.02. The number of rotatable bonds is 3. The molecule has 1 aromatic carbocycles. The summed E-state index contributed by atoms with van der Waals surface area (Å²) in [6.45, 7) is 4.62. The first-order valence-electron chi connectivity index (χ1n) is 12.2. The lowest BCUT2D eigenvalue weighted by atomic mass is 9.44. The van der Waals surface area contributed by atoms with Crippen molar-refractivity contribution in [2.24, 2.45) is 34.5 Å². The number of ether oxygens (including phenoxy) is 1. The Morgan fingerprint density at radius 1 is 1.03 bits per heavy atom. The molecule has 0 bridgehead atoms. The minimum atomic E-state index is -0.628. The van der Waals surface area contributed by atoms with Gasteiger partial charge in [0, 0.05) is 17.3 Å². The van der Waals surface area contributed by atoms with Crippen LogP contribution in [0.15, 0.2) is 30.3 Å². The fourth-order valence-corrected chi connectivity index (χ4v) is 8.14. The predicted molar refractivity (Wildman–Crippen MR) is 118 cm³/mol. The summed E-state index contributed by atoms with van der Waals surface area (Å²) in [5, 5.41) is 10.9. The van der Waals surface area contributed by atoms with Gasteiger partial charge in [-0.3, -0.25) is 4.79 Å². The Labute approximate surface area is 185 Å². The maximum Gasteiger partial charge on any atom is 0.338 e. The van der Waals surface area contributed by atoms with Crippen LogP contribution in [-0.2, 0) is 9.53 Å². The van der Waals surface area contributed by atoms with Gasteiger partial charge in [-0.2, -0.15) is 0 Å². The number of hydrogen-bond acceptors (Lipinski definition) is 4. The largest absolute Gasteiger partial charge is 0.461 e. The third-order valence-corrected chi connectivity index (χ3v) is 9.84. The number of aliphatic hydroxyl groups is 1. The van der Waals surface area contributed by atoms with Crippen molar-refractivity contribution >= 4 is 11.8 Å². The molecule has 31 heavy (non-hydrogen) atoms. The van der Waals surface area contributed by atoms with Crippen molar-refractivity contribution < 1.29 is 19.4 Å². The van der Waals surface area contributed by atoms with E-state index in [1.165, 1.54) is 0 Å². The van der Waals surface area contributed by atoms with Gasteiger partial charge in [0.05, 0.1) is 17.8 Å². The minimum Gasteiger partial charge on any atom is -0.461 e. The summed E-state index contributed by atoms with van der Waals surface area (Å²) in [5.41, 5.74) is -0.238.